The van der Waals surface area contributed by atoms with Gasteiger partial charge < -0.3 is 9.73 Å². The minimum Gasteiger partial charge on any atom is -0.387 e. The maximum Gasteiger partial charge on any atom is 0.437 e. The highest BCUT2D eigenvalue weighted by atomic mass is 32.2. The summed E-state index contributed by atoms with van der Waals surface area (Å²) in [5.41, 5.74) is 0.653. The van der Waals surface area contributed by atoms with Gasteiger partial charge in [-0.05, 0) is 23.1 Å². The third kappa shape index (κ3) is 5.54. The van der Waals surface area contributed by atoms with E-state index in [-0.39, 0.29) is 30.6 Å². The second kappa shape index (κ2) is 9.52. The number of benzene rings is 1. The number of nitrogens with one attached hydrogen (secondary N) is 1. The number of hydrogen-bond donors (Lipinski definition) is 1. The van der Waals surface area contributed by atoms with Gasteiger partial charge in [0, 0.05) is 24.5 Å². The standard InChI is InChI=1S/C18H18FN3O3S2/c19-14-5-2-1-4-13(14)12-26-11-8-20-16(23)7-9-22-18(24)25-17(21-22)15-6-3-10-27-15/h1-6,10H,7-9,11-12H2,(H,20,23). The minimum atomic E-state index is -0.577. The lowest BCUT2D eigenvalue weighted by Crippen LogP contribution is -2.28. The van der Waals surface area contributed by atoms with E-state index in [0.29, 0.717) is 23.6 Å². The van der Waals surface area contributed by atoms with Crippen molar-refractivity contribution in [2.45, 2.75) is 18.7 Å². The summed E-state index contributed by atoms with van der Waals surface area (Å²) in [6, 6.07) is 10.3. The van der Waals surface area contributed by atoms with Crippen LogP contribution in [0, 0.1) is 5.82 Å². The number of rotatable bonds is 9. The van der Waals surface area contributed by atoms with Crippen LogP contribution in [0.2, 0.25) is 0 Å². The number of nitrogens with zero attached hydrogens (tertiary/aromatic N) is 2. The quantitative estimate of drug-likeness (QED) is 0.552. The molecule has 6 nitrogen and oxygen atoms in total. The van der Waals surface area contributed by atoms with Crippen molar-refractivity contribution in [1.82, 2.24) is 15.1 Å². The Morgan fingerprint density at radius 3 is 2.93 bits per heavy atom. The minimum absolute atomic E-state index is 0.133. The van der Waals surface area contributed by atoms with Crippen LogP contribution in [-0.2, 0) is 17.1 Å². The Morgan fingerprint density at radius 2 is 2.15 bits per heavy atom. The van der Waals surface area contributed by atoms with E-state index in [9.17, 15) is 14.0 Å². The number of halogens is 1. The van der Waals surface area contributed by atoms with Crippen LogP contribution in [0.15, 0.2) is 51.0 Å². The largest absolute Gasteiger partial charge is 0.437 e. The van der Waals surface area contributed by atoms with Crippen LogP contribution in [0.25, 0.3) is 10.8 Å². The van der Waals surface area contributed by atoms with E-state index in [2.05, 4.69) is 10.4 Å². The molecule has 0 aliphatic carbocycles. The molecule has 142 valence electrons. The van der Waals surface area contributed by atoms with Gasteiger partial charge in [-0.25, -0.2) is 9.18 Å². The second-order valence-electron chi connectivity index (χ2n) is 5.62. The molecule has 0 radical (unpaired) electrons. The Morgan fingerprint density at radius 1 is 1.30 bits per heavy atom. The molecule has 1 aromatic carbocycles. The Hall–Kier alpha value is -2.39. The average Bonchev–Trinajstić information content (AvgIpc) is 3.31. The van der Waals surface area contributed by atoms with Crippen LogP contribution in [0.3, 0.4) is 0 Å². The first kappa shape index (κ1) is 19.4. The summed E-state index contributed by atoms with van der Waals surface area (Å²) < 4.78 is 19.7. The Labute approximate surface area is 163 Å². The number of amides is 1. The zero-order valence-corrected chi connectivity index (χ0v) is 16.0. The lowest BCUT2D eigenvalue weighted by atomic mass is 10.2. The van der Waals surface area contributed by atoms with E-state index in [1.165, 1.54) is 17.4 Å². The average molecular weight is 407 g/mol. The molecule has 0 fully saturated rings. The Balaban J connectivity index is 1.36. The molecular weight excluding hydrogens is 389 g/mol. The van der Waals surface area contributed by atoms with Gasteiger partial charge >= 0.3 is 5.76 Å². The van der Waals surface area contributed by atoms with Crippen molar-refractivity contribution in [2.75, 3.05) is 12.3 Å². The number of thioether (sulfide) groups is 1. The summed E-state index contributed by atoms with van der Waals surface area (Å²) in [7, 11) is 0. The summed E-state index contributed by atoms with van der Waals surface area (Å²) in [4.78, 5) is 24.4. The summed E-state index contributed by atoms with van der Waals surface area (Å²) >= 11 is 2.97. The van der Waals surface area contributed by atoms with Gasteiger partial charge in [0.25, 0.3) is 5.89 Å². The number of carbonyl (C=O) groups is 1. The molecule has 0 atom stereocenters. The van der Waals surface area contributed by atoms with Gasteiger partial charge in [-0.15, -0.1) is 16.4 Å². The van der Waals surface area contributed by atoms with Gasteiger partial charge in [-0.2, -0.15) is 16.4 Å². The zero-order valence-electron chi connectivity index (χ0n) is 14.4. The van der Waals surface area contributed by atoms with Gasteiger partial charge in [0.1, 0.15) is 5.82 Å². The maximum atomic E-state index is 13.5. The topological polar surface area (TPSA) is 77.1 Å². The normalized spacial score (nSPS) is 10.9. The fourth-order valence-electron chi connectivity index (χ4n) is 2.30. The van der Waals surface area contributed by atoms with E-state index < -0.39 is 5.76 Å². The maximum absolute atomic E-state index is 13.5. The number of carbonyl (C=O) groups excluding carboxylic acids is 1. The third-order valence-corrected chi connectivity index (χ3v) is 5.54. The van der Waals surface area contributed by atoms with Crippen molar-refractivity contribution >= 4 is 29.0 Å². The van der Waals surface area contributed by atoms with Gasteiger partial charge in [0.05, 0.1) is 11.4 Å². The fourth-order valence-corrected chi connectivity index (χ4v) is 3.79. The summed E-state index contributed by atoms with van der Waals surface area (Å²) in [6.07, 6.45) is 0.133. The van der Waals surface area contributed by atoms with Crippen LogP contribution >= 0.6 is 23.1 Å². The highest BCUT2D eigenvalue weighted by Crippen LogP contribution is 2.21. The molecule has 9 heteroatoms. The molecule has 3 aromatic rings. The first-order chi connectivity index (χ1) is 13.1. The van der Waals surface area contributed by atoms with Gasteiger partial charge in [0.2, 0.25) is 5.91 Å². The molecule has 0 saturated heterocycles. The van der Waals surface area contributed by atoms with Crippen LogP contribution in [0.5, 0.6) is 0 Å². The number of aryl methyl sites for hydroxylation is 1. The van der Waals surface area contributed by atoms with Crippen molar-refractivity contribution in [3.8, 4) is 10.8 Å². The van der Waals surface area contributed by atoms with Crippen molar-refractivity contribution in [1.29, 1.82) is 0 Å². The molecule has 3 rings (SSSR count). The molecule has 0 aliphatic heterocycles. The molecule has 2 heterocycles. The molecule has 0 saturated carbocycles. The van der Waals surface area contributed by atoms with Crippen LogP contribution < -0.4 is 11.1 Å². The lowest BCUT2D eigenvalue weighted by molar-refractivity contribution is -0.121. The molecule has 27 heavy (non-hydrogen) atoms. The molecule has 0 aliphatic rings. The summed E-state index contributed by atoms with van der Waals surface area (Å²) in [5.74, 6) is 0.532. The van der Waals surface area contributed by atoms with Gasteiger partial charge in [0.15, 0.2) is 0 Å². The number of aromatic nitrogens is 2. The SMILES string of the molecule is O=C(CCn1nc(-c2cccs2)oc1=O)NCCSCc1ccccc1F. The highest BCUT2D eigenvalue weighted by Gasteiger charge is 2.12. The lowest BCUT2D eigenvalue weighted by Gasteiger charge is -2.05. The first-order valence-corrected chi connectivity index (χ1v) is 10.4. The molecule has 0 unspecified atom stereocenters. The second-order valence-corrected chi connectivity index (χ2v) is 7.67. The van der Waals surface area contributed by atoms with E-state index >= 15 is 0 Å². The smallest absolute Gasteiger partial charge is 0.387 e. The first-order valence-electron chi connectivity index (χ1n) is 8.33. The number of thiophene rings is 1. The molecule has 2 aromatic heterocycles. The van der Waals surface area contributed by atoms with Crippen LogP contribution in [0.1, 0.15) is 12.0 Å². The molecule has 0 bridgehead atoms. The fraction of sp³-hybridized carbons (Fsp3) is 0.278. The molecule has 1 amide bonds. The van der Waals surface area contributed by atoms with Gasteiger partial charge in [-0.1, -0.05) is 24.3 Å². The van der Waals surface area contributed by atoms with Crippen molar-refractivity contribution in [3.05, 3.63) is 63.7 Å². The van der Waals surface area contributed by atoms with Gasteiger partial charge in [-0.3, -0.25) is 4.79 Å². The zero-order chi connectivity index (χ0) is 19.1. The number of hydrogen-bond acceptors (Lipinski definition) is 6. The van der Waals surface area contributed by atoms with E-state index in [1.807, 2.05) is 17.5 Å². The van der Waals surface area contributed by atoms with Crippen LogP contribution in [0.4, 0.5) is 4.39 Å². The molecular formula is C18H18FN3O3S2. The third-order valence-electron chi connectivity index (χ3n) is 3.67. The monoisotopic (exact) mass is 407 g/mol. The van der Waals surface area contributed by atoms with Crippen molar-refractivity contribution in [3.63, 3.8) is 0 Å². The highest BCUT2D eigenvalue weighted by molar-refractivity contribution is 7.98. The Bertz CT molecular complexity index is 937. The summed E-state index contributed by atoms with van der Waals surface area (Å²) in [6.45, 7) is 0.633. The predicted molar refractivity (Wildman–Crippen MR) is 104 cm³/mol. The predicted octanol–water partition coefficient (Wildman–Crippen LogP) is 3.14. The van der Waals surface area contributed by atoms with Crippen LogP contribution in [-0.4, -0.2) is 28.0 Å². The molecule has 0 spiro atoms. The molecule has 1 N–H and O–H groups in total. The Kier molecular flexibility index (Phi) is 6.83. The summed E-state index contributed by atoms with van der Waals surface area (Å²) in [5, 5.41) is 8.75. The van der Waals surface area contributed by atoms with E-state index in [0.717, 1.165) is 9.56 Å². The van der Waals surface area contributed by atoms with E-state index in [1.54, 1.807) is 30.0 Å². The van der Waals surface area contributed by atoms with Crippen molar-refractivity contribution in [2.24, 2.45) is 0 Å². The van der Waals surface area contributed by atoms with E-state index in [4.69, 9.17) is 4.42 Å². The van der Waals surface area contributed by atoms with Crippen molar-refractivity contribution < 1.29 is 13.6 Å².